The Morgan fingerprint density at radius 1 is 1.10 bits per heavy atom. The van der Waals surface area contributed by atoms with E-state index in [0.717, 1.165) is 39.9 Å². The minimum Gasteiger partial charge on any atom is -0.423 e. The van der Waals surface area contributed by atoms with Gasteiger partial charge in [0.1, 0.15) is 5.58 Å². The van der Waals surface area contributed by atoms with Gasteiger partial charge in [0.25, 0.3) is 0 Å². The van der Waals surface area contributed by atoms with Crippen molar-refractivity contribution >= 4 is 28.3 Å². The Labute approximate surface area is 177 Å². The topological polar surface area (TPSA) is 71.3 Å². The molecule has 5 heteroatoms. The van der Waals surface area contributed by atoms with E-state index in [2.05, 4.69) is 30.5 Å². The van der Waals surface area contributed by atoms with Crippen LogP contribution in [-0.4, -0.2) is 5.91 Å². The van der Waals surface area contributed by atoms with Crippen LogP contribution in [0.3, 0.4) is 0 Å². The minimum absolute atomic E-state index is 0.0148. The molecule has 3 rings (SSSR count). The van der Waals surface area contributed by atoms with Crippen molar-refractivity contribution in [1.82, 2.24) is 0 Å². The van der Waals surface area contributed by atoms with Gasteiger partial charge in [0.15, 0.2) is 0 Å². The fraction of sp³-hybridized carbons (Fsp3) is 0.360. The van der Waals surface area contributed by atoms with E-state index >= 15 is 0 Å². The second-order valence-corrected chi connectivity index (χ2v) is 8.08. The molecule has 2 N–H and O–H groups in total. The predicted molar refractivity (Wildman–Crippen MR) is 123 cm³/mol. The Bertz CT molecular complexity index is 1130. The highest BCUT2D eigenvalue weighted by molar-refractivity contribution is 5.92. The van der Waals surface area contributed by atoms with E-state index in [1.54, 1.807) is 6.07 Å². The van der Waals surface area contributed by atoms with E-state index in [-0.39, 0.29) is 11.5 Å². The summed E-state index contributed by atoms with van der Waals surface area (Å²) in [6.45, 7) is 10.8. The molecule has 0 aliphatic heterocycles. The molecule has 0 radical (unpaired) electrons. The fourth-order valence-corrected chi connectivity index (χ4v) is 3.75. The summed E-state index contributed by atoms with van der Waals surface area (Å²) in [4.78, 5) is 24.1. The van der Waals surface area contributed by atoms with Crippen LogP contribution in [0.5, 0.6) is 0 Å². The maximum absolute atomic E-state index is 12.1. The molecule has 30 heavy (non-hydrogen) atoms. The zero-order chi connectivity index (χ0) is 21.8. The van der Waals surface area contributed by atoms with Gasteiger partial charge in [-0.05, 0) is 72.7 Å². The number of hydrogen-bond donors (Lipinski definition) is 2. The lowest BCUT2D eigenvalue weighted by Gasteiger charge is -2.16. The van der Waals surface area contributed by atoms with E-state index < -0.39 is 0 Å². The lowest BCUT2D eigenvalue weighted by atomic mass is 9.95. The molecule has 5 nitrogen and oxygen atoms in total. The fourth-order valence-electron chi connectivity index (χ4n) is 3.75. The van der Waals surface area contributed by atoms with E-state index in [1.165, 1.54) is 5.56 Å². The molecule has 0 saturated carbocycles. The average molecular weight is 407 g/mol. The predicted octanol–water partition coefficient (Wildman–Crippen LogP) is 5.88. The first kappa shape index (κ1) is 21.6. The molecule has 0 unspecified atom stereocenters. The van der Waals surface area contributed by atoms with Crippen LogP contribution in [0.4, 0.5) is 11.4 Å². The zero-order valence-corrected chi connectivity index (χ0v) is 18.4. The van der Waals surface area contributed by atoms with Crippen LogP contribution in [0.15, 0.2) is 45.6 Å². The number of carbonyl (C=O) groups is 1. The van der Waals surface area contributed by atoms with Gasteiger partial charge in [0, 0.05) is 35.8 Å². The molecule has 1 amide bonds. The molecule has 1 aromatic heterocycles. The standard InChI is InChI=1S/C25H30N2O3/c1-6-8-24(28)27-22-10-7-9-21(17(22)5)26-14-18-12-25(29)30-23-11-16(4)19(15(2)3)13-20(18)23/h7,9-13,15,26H,6,8,14H2,1-5H3,(H,27,28). The average Bonchev–Trinajstić information content (AvgIpc) is 2.67. The van der Waals surface area contributed by atoms with Crippen molar-refractivity contribution < 1.29 is 9.21 Å². The van der Waals surface area contributed by atoms with E-state index in [4.69, 9.17) is 4.42 Å². The van der Waals surface area contributed by atoms with Crippen molar-refractivity contribution in [2.45, 2.75) is 59.9 Å². The van der Waals surface area contributed by atoms with Crippen molar-refractivity contribution in [3.05, 3.63) is 69.1 Å². The first-order valence-corrected chi connectivity index (χ1v) is 10.5. The van der Waals surface area contributed by atoms with Crippen LogP contribution in [-0.2, 0) is 11.3 Å². The van der Waals surface area contributed by atoms with Crippen LogP contribution < -0.4 is 16.3 Å². The maximum atomic E-state index is 12.1. The summed E-state index contributed by atoms with van der Waals surface area (Å²) in [7, 11) is 0. The molecule has 0 saturated heterocycles. The lowest BCUT2D eigenvalue weighted by Crippen LogP contribution is -2.12. The third-order valence-electron chi connectivity index (χ3n) is 5.39. The SMILES string of the molecule is CCCC(=O)Nc1cccc(NCc2cc(=O)oc3cc(C)c(C(C)C)cc23)c1C. The van der Waals surface area contributed by atoms with Crippen LogP contribution in [0.25, 0.3) is 11.0 Å². The van der Waals surface area contributed by atoms with Gasteiger partial charge in [-0.1, -0.05) is 26.8 Å². The van der Waals surface area contributed by atoms with Gasteiger partial charge in [-0.3, -0.25) is 4.79 Å². The van der Waals surface area contributed by atoms with Gasteiger partial charge < -0.3 is 15.1 Å². The van der Waals surface area contributed by atoms with Gasteiger partial charge in [0.05, 0.1) is 0 Å². The number of benzene rings is 2. The highest BCUT2D eigenvalue weighted by Crippen LogP contribution is 2.28. The Morgan fingerprint density at radius 3 is 2.53 bits per heavy atom. The number of carbonyl (C=O) groups excluding carboxylic acids is 1. The quantitative estimate of drug-likeness (QED) is 0.480. The normalized spacial score (nSPS) is 11.1. The minimum atomic E-state index is -0.353. The summed E-state index contributed by atoms with van der Waals surface area (Å²) >= 11 is 0. The second-order valence-electron chi connectivity index (χ2n) is 8.08. The maximum Gasteiger partial charge on any atom is 0.336 e. The number of nitrogens with one attached hydrogen (secondary N) is 2. The molecule has 0 fully saturated rings. The third kappa shape index (κ3) is 4.73. The van der Waals surface area contributed by atoms with Gasteiger partial charge in [0.2, 0.25) is 5.91 Å². The molecule has 0 aliphatic carbocycles. The number of rotatable bonds is 7. The summed E-state index contributed by atoms with van der Waals surface area (Å²) in [5, 5.41) is 7.34. The van der Waals surface area contributed by atoms with Crippen LogP contribution in [0, 0.1) is 13.8 Å². The Hall–Kier alpha value is -3.08. The van der Waals surface area contributed by atoms with E-state index in [0.29, 0.717) is 24.5 Å². The van der Waals surface area contributed by atoms with Gasteiger partial charge in [-0.15, -0.1) is 0 Å². The summed E-state index contributed by atoms with van der Waals surface area (Å²) in [6.07, 6.45) is 1.31. The Balaban J connectivity index is 1.91. The molecule has 158 valence electrons. The number of aryl methyl sites for hydroxylation is 1. The molecule has 0 bridgehead atoms. The molecular weight excluding hydrogens is 376 g/mol. The Kier molecular flexibility index (Phi) is 6.60. The van der Waals surface area contributed by atoms with Gasteiger partial charge >= 0.3 is 5.63 Å². The van der Waals surface area contributed by atoms with Gasteiger partial charge in [-0.25, -0.2) is 4.79 Å². The Morgan fingerprint density at radius 2 is 1.83 bits per heavy atom. The first-order chi connectivity index (χ1) is 14.3. The summed E-state index contributed by atoms with van der Waals surface area (Å²) in [5.74, 6) is 0.397. The lowest BCUT2D eigenvalue weighted by molar-refractivity contribution is -0.116. The van der Waals surface area contributed by atoms with Crippen LogP contribution >= 0.6 is 0 Å². The highest BCUT2D eigenvalue weighted by atomic mass is 16.4. The van der Waals surface area contributed by atoms with E-state index in [1.807, 2.05) is 45.0 Å². The van der Waals surface area contributed by atoms with Crippen molar-refractivity contribution in [3.8, 4) is 0 Å². The zero-order valence-electron chi connectivity index (χ0n) is 18.4. The van der Waals surface area contributed by atoms with Crippen LogP contribution in [0.2, 0.25) is 0 Å². The number of fused-ring (bicyclic) bond motifs is 1. The molecule has 0 aliphatic rings. The van der Waals surface area contributed by atoms with Crippen molar-refractivity contribution in [2.24, 2.45) is 0 Å². The first-order valence-electron chi connectivity index (χ1n) is 10.5. The molecule has 0 spiro atoms. The third-order valence-corrected chi connectivity index (χ3v) is 5.39. The smallest absolute Gasteiger partial charge is 0.336 e. The van der Waals surface area contributed by atoms with Crippen molar-refractivity contribution in [3.63, 3.8) is 0 Å². The van der Waals surface area contributed by atoms with Crippen LogP contribution in [0.1, 0.15) is 61.8 Å². The number of amides is 1. The van der Waals surface area contributed by atoms with Crippen molar-refractivity contribution in [2.75, 3.05) is 10.6 Å². The molecule has 1 heterocycles. The number of anilines is 2. The summed E-state index contributed by atoms with van der Waals surface area (Å²) in [6, 6.07) is 11.4. The molecule has 0 atom stereocenters. The largest absolute Gasteiger partial charge is 0.423 e. The molecule has 3 aromatic rings. The summed E-state index contributed by atoms with van der Waals surface area (Å²) in [5.41, 5.74) is 6.20. The molecule has 2 aromatic carbocycles. The van der Waals surface area contributed by atoms with Gasteiger partial charge in [-0.2, -0.15) is 0 Å². The van der Waals surface area contributed by atoms with Crippen molar-refractivity contribution in [1.29, 1.82) is 0 Å². The summed E-state index contributed by atoms with van der Waals surface area (Å²) < 4.78 is 5.45. The monoisotopic (exact) mass is 406 g/mol. The highest BCUT2D eigenvalue weighted by Gasteiger charge is 2.12. The second kappa shape index (κ2) is 9.16. The van der Waals surface area contributed by atoms with E-state index in [9.17, 15) is 9.59 Å². The molecular formula is C25H30N2O3. The number of hydrogen-bond acceptors (Lipinski definition) is 4.